The first-order chi connectivity index (χ1) is 14.9. The van der Waals surface area contributed by atoms with Gasteiger partial charge in [0.25, 0.3) is 0 Å². The molecule has 31 heavy (non-hydrogen) atoms. The summed E-state index contributed by atoms with van der Waals surface area (Å²) >= 11 is 0. The zero-order valence-electron chi connectivity index (χ0n) is 16.8. The molecule has 1 atom stereocenters. The highest BCUT2D eigenvalue weighted by Gasteiger charge is 2.22. The first kappa shape index (κ1) is 22.0. The fourth-order valence-corrected chi connectivity index (χ4v) is 2.76. The van der Waals surface area contributed by atoms with Gasteiger partial charge >= 0.3 is 6.03 Å². The number of benzene rings is 2. The molecule has 3 rings (SSSR count). The van der Waals surface area contributed by atoms with Gasteiger partial charge in [0.05, 0.1) is 18.0 Å². The van der Waals surface area contributed by atoms with E-state index in [2.05, 4.69) is 20.6 Å². The Morgan fingerprint density at radius 1 is 1.10 bits per heavy atom. The molecule has 3 aromatic rings. The van der Waals surface area contributed by atoms with Crippen molar-refractivity contribution in [3.8, 4) is 0 Å². The lowest BCUT2D eigenvalue weighted by Crippen LogP contribution is -2.32. The van der Waals surface area contributed by atoms with Crippen LogP contribution in [0.5, 0.6) is 0 Å². The number of nitrogens with one attached hydrogen (secondary N) is 2. The van der Waals surface area contributed by atoms with Gasteiger partial charge in [0.1, 0.15) is 23.3 Å². The smallest absolute Gasteiger partial charge is 0.332 e. The molecule has 0 aliphatic heterocycles. The average Bonchev–Trinajstić information content (AvgIpc) is 2.72. The van der Waals surface area contributed by atoms with E-state index in [-0.39, 0.29) is 29.2 Å². The van der Waals surface area contributed by atoms with Gasteiger partial charge in [0.15, 0.2) is 0 Å². The number of hydrogen-bond acceptors (Lipinski definition) is 5. The number of urea groups is 1. The summed E-state index contributed by atoms with van der Waals surface area (Å²) in [4.78, 5) is 22.6. The van der Waals surface area contributed by atoms with Crippen LogP contribution < -0.4 is 15.5 Å². The number of amides is 2. The third kappa shape index (κ3) is 5.70. The third-order valence-electron chi connectivity index (χ3n) is 4.12. The van der Waals surface area contributed by atoms with Crippen LogP contribution in [0.15, 0.2) is 54.7 Å². The molecular weight excluding hydrogens is 411 g/mol. The van der Waals surface area contributed by atoms with E-state index in [9.17, 15) is 18.0 Å². The topological polar surface area (TPSA) is 79.4 Å². The van der Waals surface area contributed by atoms with Gasteiger partial charge in [-0.25, -0.2) is 27.8 Å². The first-order valence-electron chi connectivity index (χ1n) is 9.27. The largest absolute Gasteiger partial charge is 0.383 e. The molecule has 0 fully saturated rings. The van der Waals surface area contributed by atoms with Gasteiger partial charge < -0.3 is 15.4 Å². The molecule has 7 nitrogen and oxygen atoms in total. The van der Waals surface area contributed by atoms with Crippen molar-refractivity contribution in [2.75, 3.05) is 29.3 Å². The lowest BCUT2D eigenvalue weighted by Gasteiger charge is -2.23. The summed E-state index contributed by atoms with van der Waals surface area (Å²) in [5.74, 6) is -1.83. The number of methoxy groups -OCH3 is 1. The zero-order valence-corrected chi connectivity index (χ0v) is 16.8. The van der Waals surface area contributed by atoms with Crippen LogP contribution in [0.25, 0.3) is 0 Å². The number of nitrogens with zero attached hydrogens (tertiary/aromatic N) is 3. The van der Waals surface area contributed by atoms with E-state index in [1.165, 1.54) is 36.5 Å². The second kappa shape index (κ2) is 9.90. The molecule has 0 saturated heterocycles. The van der Waals surface area contributed by atoms with Crippen molar-refractivity contribution in [1.29, 1.82) is 0 Å². The Balaban J connectivity index is 1.95. The highest BCUT2D eigenvalue weighted by Crippen LogP contribution is 2.26. The number of rotatable bonds is 7. The Morgan fingerprint density at radius 3 is 2.48 bits per heavy atom. The van der Waals surface area contributed by atoms with Crippen LogP contribution in [-0.4, -0.2) is 35.8 Å². The maximum atomic E-state index is 14.0. The fraction of sp³-hybridized carbons (Fsp3) is 0.190. The van der Waals surface area contributed by atoms with E-state index >= 15 is 0 Å². The summed E-state index contributed by atoms with van der Waals surface area (Å²) in [5.41, 5.74) is 0.0515. The van der Waals surface area contributed by atoms with E-state index in [4.69, 9.17) is 4.74 Å². The number of aromatic nitrogens is 2. The minimum absolute atomic E-state index is 0.110. The number of halogens is 3. The summed E-state index contributed by atoms with van der Waals surface area (Å²) in [6.07, 6.45) is 1.44. The van der Waals surface area contributed by atoms with Crippen molar-refractivity contribution in [1.82, 2.24) is 9.97 Å². The summed E-state index contributed by atoms with van der Waals surface area (Å²) in [6.45, 7) is 2.26. The summed E-state index contributed by atoms with van der Waals surface area (Å²) < 4.78 is 45.7. The maximum absolute atomic E-state index is 14.0. The van der Waals surface area contributed by atoms with Crippen LogP contribution in [-0.2, 0) is 4.74 Å². The summed E-state index contributed by atoms with van der Waals surface area (Å²) in [7, 11) is 1.56. The lowest BCUT2D eigenvalue weighted by atomic mass is 10.2. The SMILES string of the molecule is COCC(C)Nc1nccc(N(C(=O)Nc2ccc(F)cc2F)c2ccc(F)cc2)n1. The standard InChI is InChI=1S/C21H20F3N5O2/c1-13(12-31-2)26-20-25-10-9-19(28-20)29(16-6-3-14(22)4-7-16)21(30)27-18-8-5-15(23)11-17(18)24/h3-11,13H,12H2,1-2H3,(H,27,30)(H,25,26,28). The van der Waals surface area contributed by atoms with E-state index < -0.39 is 23.5 Å². The Hall–Kier alpha value is -3.66. The van der Waals surface area contributed by atoms with Crippen LogP contribution >= 0.6 is 0 Å². The van der Waals surface area contributed by atoms with Crippen molar-refractivity contribution < 1.29 is 22.7 Å². The van der Waals surface area contributed by atoms with Crippen molar-refractivity contribution in [3.63, 3.8) is 0 Å². The zero-order chi connectivity index (χ0) is 22.4. The maximum Gasteiger partial charge on any atom is 0.332 e. The number of hydrogen-bond donors (Lipinski definition) is 2. The van der Waals surface area contributed by atoms with Gasteiger partial charge in [-0.3, -0.25) is 0 Å². The van der Waals surface area contributed by atoms with Gasteiger partial charge in [-0.05, 0) is 43.3 Å². The van der Waals surface area contributed by atoms with Crippen molar-refractivity contribution in [3.05, 3.63) is 72.2 Å². The van der Waals surface area contributed by atoms with Gasteiger partial charge in [0.2, 0.25) is 5.95 Å². The number of carbonyl (C=O) groups excluding carboxylic acids is 1. The summed E-state index contributed by atoms with van der Waals surface area (Å²) in [5, 5.41) is 5.42. The molecule has 0 saturated carbocycles. The molecule has 2 N–H and O–H groups in total. The number of anilines is 4. The molecule has 0 aliphatic rings. The second-order valence-electron chi connectivity index (χ2n) is 6.61. The lowest BCUT2D eigenvalue weighted by molar-refractivity contribution is 0.190. The molecule has 1 unspecified atom stereocenters. The molecule has 0 radical (unpaired) electrons. The van der Waals surface area contributed by atoms with E-state index in [1.807, 2.05) is 6.92 Å². The highest BCUT2D eigenvalue weighted by molar-refractivity contribution is 6.06. The van der Waals surface area contributed by atoms with Gasteiger partial charge in [-0.1, -0.05) is 0 Å². The summed E-state index contributed by atoms with van der Waals surface area (Å²) in [6, 6.07) is 8.45. The normalized spacial score (nSPS) is 11.6. The molecule has 1 heterocycles. The molecule has 0 spiro atoms. The van der Waals surface area contributed by atoms with E-state index in [1.54, 1.807) is 7.11 Å². The predicted molar refractivity (Wildman–Crippen MR) is 111 cm³/mol. The van der Waals surface area contributed by atoms with Gasteiger partial charge in [-0.2, -0.15) is 4.98 Å². The molecule has 0 aliphatic carbocycles. The van der Waals surface area contributed by atoms with Gasteiger partial charge in [-0.15, -0.1) is 0 Å². The third-order valence-corrected chi connectivity index (χ3v) is 4.12. The Bertz CT molecular complexity index is 1050. The van der Waals surface area contributed by atoms with Crippen LogP contribution in [0.2, 0.25) is 0 Å². The molecule has 162 valence electrons. The fourth-order valence-electron chi connectivity index (χ4n) is 2.76. The minimum Gasteiger partial charge on any atom is -0.383 e. The van der Waals surface area contributed by atoms with Crippen LogP contribution in [0.3, 0.4) is 0 Å². The second-order valence-corrected chi connectivity index (χ2v) is 6.61. The molecular formula is C21H20F3N5O2. The number of ether oxygens (including phenoxy) is 1. The highest BCUT2D eigenvalue weighted by atomic mass is 19.1. The minimum atomic E-state index is -0.939. The molecule has 0 bridgehead atoms. The first-order valence-corrected chi connectivity index (χ1v) is 9.27. The van der Waals surface area contributed by atoms with Crippen molar-refractivity contribution >= 4 is 29.2 Å². The van der Waals surface area contributed by atoms with E-state index in [0.29, 0.717) is 12.7 Å². The van der Waals surface area contributed by atoms with Crippen molar-refractivity contribution in [2.45, 2.75) is 13.0 Å². The van der Waals surface area contributed by atoms with Crippen LogP contribution in [0.1, 0.15) is 6.92 Å². The van der Waals surface area contributed by atoms with Crippen molar-refractivity contribution in [2.24, 2.45) is 0 Å². The monoisotopic (exact) mass is 431 g/mol. The Kier molecular flexibility index (Phi) is 7.03. The molecule has 2 amide bonds. The molecule has 10 heteroatoms. The molecule has 1 aromatic heterocycles. The van der Waals surface area contributed by atoms with Gasteiger partial charge in [0, 0.05) is 31.5 Å². The Labute approximate surface area is 176 Å². The molecule has 2 aromatic carbocycles. The van der Waals surface area contributed by atoms with Crippen LogP contribution in [0.4, 0.5) is 41.1 Å². The average molecular weight is 431 g/mol. The van der Waals surface area contributed by atoms with Crippen LogP contribution in [0, 0.1) is 17.5 Å². The quantitative estimate of drug-likeness (QED) is 0.566. The van der Waals surface area contributed by atoms with E-state index in [0.717, 1.165) is 17.0 Å². The Morgan fingerprint density at radius 2 is 1.81 bits per heavy atom. The number of carbonyl (C=O) groups is 1. The predicted octanol–water partition coefficient (Wildman–Crippen LogP) is 4.71.